The highest BCUT2D eigenvalue weighted by Gasteiger charge is 2.30. The number of hydrogen-bond acceptors (Lipinski definition) is 4. The molecule has 0 radical (unpaired) electrons. The van der Waals surface area contributed by atoms with Gasteiger partial charge in [0.2, 0.25) is 0 Å². The van der Waals surface area contributed by atoms with Gasteiger partial charge in [-0.15, -0.1) is 6.58 Å². The number of rotatable bonds is 10. The van der Waals surface area contributed by atoms with Crippen molar-refractivity contribution in [2.75, 3.05) is 23.3 Å². The van der Waals surface area contributed by atoms with E-state index < -0.39 is 10.0 Å². The monoisotopic (exact) mass is 489 g/mol. The normalized spacial score (nSPS) is 12.6. The van der Waals surface area contributed by atoms with E-state index in [0.29, 0.717) is 23.4 Å². The van der Waals surface area contributed by atoms with Gasteiger partial charge in [0.05, 0.1) is 17.1 Å². The fourth-order valence-corrected chi connectivity index (χ4v) is 5.45. The van der Waals surface area contributed by atoms with Crippen molar-refractivity contribution in [2.24, 2.45) is 0 Å². The van der Waals surface area contributed by atoms with Crippen molar-refractivity contribution in [3.8, 4) is 0 Å². The number of benzene rings is 3. The zero-order chi connectivity index (χ0) is 25.2. The molecular formula is C27H27N3O4S. The molecule has 0 fully saturated rings. The molecule has 0 unspecified atom stereocenters. The van der Waals surface area contributed by atoms with Crippen LogP contribution < -0.4 is 10.2 Å². The first-order valence-electron chi connectivity index (χ1n) is 11.4. The SMILES string of the molecule is C=CCN(C=C)S(=O)(=O)c1ccc(C(=O)Nc2ccc3c4c(cccc24)C(=O)N3CCCC)cc1. The van der Waals surface area contributed by atoms with Crippen LogP contribution in [0.25, 0.3) is 10.8 Å². The largest absolute Gasteiger partial charge is 0.321 e. The van der Waals surface area contributed by atoms with Gasteiger partial charge in [0.1, 0.15) is 0 Å². The second-order valence-corrected chi connectivity index (χ2v) is 10.1. The minimum atomic E-state index is -3.79. The van der Waals surface area contributed by atoms with Gasteiger partial charge in [-0.25, -0.2) is 8.42 Å². The summed E-state index contributed by atoms with van der Waals surface area (Å²) in [5.41, 5.74) is 2.38. The minimum absolute atomic E-state index is 0.0238. The predicted molar refractivity (Wildman–Crippen MR) is 139 cm³/mol. The Morgan fingerprint density at radius 2 is 1.83 bits per heavy atom. The van der Waals surface area contributed by atoms with Gasteiger partial charge in [0.25, 0.3) is 21.8 Å². The highest BCUT2D eigenvalue weighted by atomic mass is 32.2. The maximum Gasteiger partial charge on any atom is 0.264 e. The number of anilines is 2. The van der Waals surface area contributed by atoms with E-state index in [1.165, 1.54) is 36.5 Å². The van der Waals surface area contributed by atoms with Crippen molar-refractivity contribution < 1.29 is 18.0 Å². The molecule has 8 heteroatoms. The van der Waals surface area contributed by atoms with E-state index in [4.69, 9.17) is 0 Å². The van der Waals surface area contributed by atoms with Crippen LogP contribution in [0, 0.1) is 0 Å². The van der Waals surface area contributed by atoms with Crippen molar-refractivity contribution in [1.29, 1.82) is 0 Å². The van der Waals surface area contributed by atoms with Gasteiger partial charge in [-0.3, -0.25) is 13.9 Å². The van der Waals surface area contributed by atoms with Crippen LogP contribution in [0.1, 0.15) is 40.5 Å². The van der Waals surface area contributed by atoms with Crippen LogP contribution in [0.2, 0.25) is 0 Å². The van der Waals surface area contributed by atoms with Crippen LogP contribution in [-0.2, 0) is 10.0 Å². The number of carbonyl (C=O) groups excluding carboxylic acids is 2. The molecule has 2 amide bonds. The Balaban J connectivity index is 1.61. The van der Waals surface area contributed by atoms with E-state index in [2.05, 4.69) is 25.4 Å². The second-order valence-electron chi connectivity index (χ2n) is 8.20. The third kappa shape index (κ3) is 4.33. The standard InChI is InChI=1S/C27H27N3O4S/c1-4-7-18-30-24-16-15-23(21-9-8-10-22(25(21)24)27(30)32)28-26(31)19-11-13-20(14-12-19)35(33,34)29(6-3)17-5-2/h5-6,8-16H,2-4,7,17-18H2,1H3,(H,28,31). The molecule has 1 heterocycles. The summed E-state index contributed by atoms with van der Waals surface area (Å²) in [7, 11) is -3.79. The molecule has 0 aromatic heterocycles. The molecule has 0 saturated carbocycles. The van der Waals surface area contributed by atoms with Crippen LogP contribution in [0.4, 0.5) is 11.4 Å². The molecule has 0 atom stereocenters. The summed E-state index contributed by atoms with van der Waals surface area (Å²) in [5, 5.41) is 4.53. The number of hydrogen-bond donors (Lipinski definition) is 1. The lowest BCUT2D eigenvalue weighted by Crippen LogP contribution is -2.27. The number of unbranched alkanes of at least 4 members (excludes halogenated alkanes) is 1. The molecule has 7 nitrogen and oxygen atoms in total. The molecule has 3 aromatic rings. The summed E-state index contributed by atoms with van der Waals surface area (Å²) >= 11 is 0. The fourth-order valence-electron chi connectivity index (χ4n) is 4.20. The Morgan fingerprint density at radius 3 is 2.49 bits per heavy atom. The van der Waals surface area contributed by atoms with Gasteiger partial charge in [-0.2, -0.15) is 0 Å². The highest BCUT2D eigenvalue weighted by Crippen LogP contribution is 2.40. The first kappa shape index (κ1) is 24.2. The van der Waals surface area contributed by atoms with Gasteiger partial charge in [-0.1, -0.05) is 38.1 Å². The van der Waals surface area contributed by atoms with Crippen LogP contribution >= 0.6 is 0 Å². The highest BCUT2D eigenvalue weighted by molar-refractivity contribution is 7.89. The average molecular weight is 490 g/mol. The molecule has 1 aliphatic rings. The van der Waals surface area contributed by atoms with Crippen molar-refractivity contribution in [3.63, 3.8) is 0 Å². The van der Waals surface area contributed by atoms with Crippen molar-refractivity contribution in [3.05, 3.63) is 91.2 Å². The van der Waals surface area contributed by atoms with Gasteiger partial charge in [0, 0.05) is 40.3 Å². The van der Waals surface area contributed by atoms with Gasteiger partial charge >= 0.3 is 0 Å². The molecule has 1 aliphatic heterocycles. The fraction of sp³-hybridized carbons (Fsp3) is 0.185. The molecule has 35 heavy (non-hydrogen) atoms. The number of nitrogens with zero attached hydrogens (tertiary/aromatic N) is 2. The summed E-state index contributed by atoms with van der Waals surface area (Å²) in [6.07, 6.45) is 4.58. The van der Waals surface area contributed by atoms with Crippen molar-refractivity contribution in [1.82, 2.24) is 4.31 Å². The molecule has 0 spiro atoms. The zero-order valence-corrected chi connectivity index (χ0v) is 20.3. The lowest BCUT2D eigenvalue weighted by Gasteiger charge is -2.18. The molecule has 0 bridgehead atoms. The van der Waals surface area contributed by atoms with E-state index in [9.17, 15) is 18.0 Å². The molecule has 180 valence electrons. The van der Waals surface area contributed by atoms with Crippen LogP contribution in [0.3, 0.4) is 0 Å². The Bertz CT molecular complexity index is 1430. The first-order chi connectivity index (χ1) is 16.8. The Morgan fingerprint density at radius 1 is 1.09 bits per heavy atom. The predicted octanol–water partition coefficient (Wildman–Crippen LogP) is 5.17. The topological polar surface area (TPSA) is 86.8 Å². The maximum absolute atomic E-state index is 13.0. The summed E-state index contributed by atoms with van der Waals surface area (Å²) in [5.74, 6) is -0.405. The van der Waals surface area contributed by atoms with E-state index in [0.717, 1.165) is 33.6 Å². The van der Waals surface area contributed by atoms with E-state index in [1.807, 2.05) is 24.3 Å². The third-order valence-electron chi connectivity index (χ3n) is 6.00. The molecule has 4 rings (SSSR count). The molecule has 0 saturated heterocycles. The number of nitrogens with one attached hydrogen (secondary N) is 1. The maximum atomic E-state index is 13.0. The van der Waals surface area contributed by atoms with Crippen LogP contribution in [0.5, 0.6) is 0 Å². The Labute approximate surface area is 205 Å². The quantitative estimate of drug-likeness (QED) is 0.398. The summed E-state index contributed by atoms with van der Waals surface area (Å²) in [6.45, 7) is 9.93. The smallest absolute Gasteiger partial charge is 0.264 e. The van der Waals surface area contributed by atoms with Crippen molar-refractivity contribution in [2.45, 2.75) is 24.7 Å². The molecule has 0 aliphatic carbocycles. The minimum Gasteiger partial charge on any atom is -0.321 e. The first-order valence-corrected chi connectivity index (χ1v) is 12.8. The van der Waals surface area contributed by atoms with Crippen LogP contribution in [0.15, 0.2) is 84.9 Å². The lowest BCUT2D eigenvalue weighted by molar-refractivity contribution is 0.0991. The zero-order valence-electron chi connectivity index (χ0n) is 19.5. The van der Waals surface area contributed by atoms with E-state index in [-0.39, 0.29) is 23.3 Å². The summed E-state index contributed by atoms with van der Waals surface area (Å²) in [4.78, 5) is 27.8. The van der Waals surface area contributed by atoms with Crippen molar-refractivity contribution >= 4 is 44.0 Å². The second kappa shape index (κ2) is 9.76. The molecule has 3 aromatic carbocycles. The lowest BCUT2D eigenvalue weighted by atomic mass is 10.0. The van der Waals surface area contributed by atoms with E-state index >= 15 is 0 Å². The summed E-state index contributed by atoms with van der Waals surface area (Å²) < 4.78 is 26.5. The van der Waals surface area contributed by atoms with Gasteiger partial charge in [0.15, 0.2) is 0 Å². The Hall–Kier alpha value is -3.91. The number of sulfonamides is 1. The van der Waals surface area contributed by atoms with E-state index in [1.54, 1.807) is 11.0 Å². The molecule has 1 N–H and O–H groups in total. The van der Waals surface area contributed by atoms with Gasteiger partial charge in [-0.05, 0) is 48.9 Å². The summed E-state index contributed by atoms with van der Waals surface area (Å²) in [6, 6.07) is 14.9. The van der Waals surface area contributed by atoms with Crippen LogP contribution in [-0.4, -0.2) is 37.6 Å². The number of amides is 2. The van der Waals surface area contributed by atoms with Gasteiger partial charge < -0.3 is 10.2 Å². The average Bonchev–Trinajstić information content (AvgIpc) is 3.14. The third-order valence-corrected chi connectivity index (χ3v) is 7.79. The Kier molecular flexibility index (Phi) is 6.75. The molecular weight excluding hydrogens is 462 g/mol. The number of carbonyl (C=O) groups is 2.